The van der Waals surface area contributed by atoms with E-state index < -0.39 is 6.10 Å². The number of allylic oxidation sites excluding steroid dienone is 8. The summed E-state index contributed by atoms with van der Waals surface area (Å²) in [5.41, 5.74) is 0. The molecule has 0 rings (SSSR count). The van der Waals surface area contributed by atoms with Crippen molar-refractivity contribution in [1.29, 1.82) is 0 Å². The average Bonchev–Trinajstić information content (AvgIpc) is 3.30. The molecule has 0 aromatic rings. The molecule has 6 heteroatoms. The van der Waals surface area contributed by atoms with Crippen LogP contribution in [0.4, 0.5) is 0 Å². The second kappa shape index (κ2) is 54.0. The van der Waals surface area contributed by atoms with E-state index in [0.29, 0.717) is 19.3 Å². The summed E-state index contributed by atoms with van der Waals surface area (Å²) in [5.74, 6) is -0.898. The fourth-order valence-electron chi connectivity index (χ4n) is 8.14. The van der Waals surface area contributed by atoms with Gasteiger partial charge in [-0.1, -0.05) is 262 Å². The van der Waals surface area contributed by atoms with Crippen molar-refractivity contribution in [2.75, 3.05) is 13.2 Å². The summed E-state index contributed by atoms with van der Waals surface area (Å²) in [6.07, 6.45) is 65.3. The lowest BCUT2D eigenvalue weighted by atomic mass is 10.0. The van der Waals surface area contributed by atoms with E-state index in [-0.39, 0.29) is 31.1 Å². The highest BCUT2D eigenvalue weighted by Crippen LogP contribution is 2.16. The highest BCUT2D eigenvalue weighted by Gasteiger charge is 2.19. The maximum Gasteiger partial charge on any atom is 0.306 e. The molecule has 0 aromatic heterocycles. The molecule has 0 aliphatic heterocycles. The molecule has 378 valence electrons. The van der Waals surface area contributed by atoms with Gasteiger partial charge in [0.05, 0.1) is 0 Å². The van der Waals surface area contributed by atoms with Crippen molar-refractivity contribution in [3.05, 3.63) is 48.6 Å². The van der Waals surface area contributed by atoms with Crippen LogP contribution in [0.5, 0.6) is 0 Å². The lowest BCUT2D eigenvalue weighted by Gasteiger charge is -2.18. The van der Waals surface area contributed by atoms with Crippen LogP contribution in [0, 0.1) is 0 Å². The van der Waals surface area contributed by atoms with Crippen molar-refractivity contribution < 1.29 is 28.6 Å². The van der Waals surface area contributed by atoms with E-state index in [1.165, 1.54) is 161 Å². The number of esters is 3. The standard InChI is InChI=1S/C59H106O6/c1-4-7-10-13-16-19-22-25-27-29-30-32-34-37-40-43-46-49-52-58(61)64-55-56(54-63-57(60)51-48-45-42-39-36-33-24-21-18-15-12-9-6-3)65-59(62)53-50-47-44-41-38-35-31-28-26-23-20-17-14-11-8-5-2/h8,11,17,20,26,28,35,38,56H,4-7,9-10,12-16,18-19,21-25,27,29-34,36-37,39-55H2,1-3H3/b11-8-,20-17-,28-26-,38-35-. The van der Waals surface area contributed by atoms with Crippen LogP contribution in [0.3, 0.4) is 0 Å². The number of hydrogen-bond acceptors (Lipinski definition) is 6. The molecule has 0 aliphatic carbocycles. The molecule has 1 atom stereocenters. The van der Waals surface area contributed by atoms with Gasteiger partial charge in [-0.2, -0.15) is 0 Å². The summed E-state index contributed by atoms with van der Waals surface area (Å²) in [6.45, 7) is 6.53. The van der Waals surface area contributed by atoms with E-state index in [9.17, 15) is 14.4 Å². The monoisotopic (exact) mass is 911 g/mol. The molecule has 6 nitrogen and oxygen atoms in total. The summed E-state index contributed by atoms with van der Waals surface area (Å²) in [5, 5.41) is 0. The molecule has 0 aliphatic rings. The van der Waals surface area contributed by atoms with E-state index in [4.69, 9.17) is 14.2 Å². The van der Waals surface area contributed by atoms with Crippen LogP contribution in [-0.2, 0) is 28.6 Å². The summed E-state index contributed by atoms with van der Waals surface area (Å²) in [7, 11) is 0. The quantitative estimate of drug-likeness (QED) is 0.0262. The smallest absolute Gasteiger partial charge is 0.306 e. The highest BCUT2D eigenvalue weighted by atomic mass is 16.6. The molecule has 0 amide bonds. The molecule has 0 aromatic carbocycles. The summed E-state index contributed by atoms with van der Waals surface area (Å²) in [4.78, 5) is 38.1. The first kappa shape index (κ1) is 62.4. The molecule has 0 spiro atoms. The van der Waals surface area contributed by atoms with Crippen LogP contribution in [0.25, 0.3) is 0 Å². The van der Waals surface area contributed by atoms with Gasteiger partial charge in [0.1, 0.15) is 13.2 Å². The molecular formula is C59H106O6. The Balaban J connectivity index is 4.37. The predicted molar refractivity (Wildman–Crippen MR) is 279 cm³/mol. The molecule has 0 saturated heterocycles. The van der Waals surface area contributed by atoms with Gasteiger partial charge in [0, 0.05) is 19.3 Å². The normalized spacial score (nSPS) is 12.4. The third-order valence-electron chi connectivity index (χ3n) is 12.3. The Hall–Kier alpha value is -2.63. The number of rotatable bonds is 51. The number of unbranched alkanes of at least 4 members (excludes halogenated alkanes) is 32. The van der Waals surface area contributed by atoms with Gasteiger partial charge in [0.15, 0.2) is 6.10 Å². The van der Waals surface area contributed by atoms with Crippen molar-refractivity contribution in [1.82, 2.24) is 0 Å². The van der Waals surface area contributed by atoms with Gasteiger partial charge < -0.3 is 14.2 Å². The number of carbonyl (C=O) groups is 3. The molecule has 0 saturated carbocycles. The Kier molecular flexibility index (Phi) is 51.8. The summed E-state index contributed by atoms with van der Waals surface area (Å²) >= 11 is 0. The van der Waals surface area contributed by atoms with Crippen LogP contribution in [0.15, 0.2) is 48.6 Å². The number of ether oxygens (including phenoxy) is 3. The molecule has 0 radical (unpaired) electrons. The summed E-state index contributed by atoms with van der Waals surface area (Å²) < 4.78 is 16.8. The fourth-order valence-corrected chi connectivity index (χ4v) is 8.14. The van der Waals surface area contributed by atoms with E-state index in [1.54, 1.807) is 0 Å². The lowest BCUT2D eigenvalue weighted by Crippen LogP contribution is -2.30. The SMILES string of the molecule is CC/C=C\C/C=C\C/C=C\C/C=C\CCCCCC(=O)OC(COC(=O)CCCCCCCCCCCCCCC)COC(=O)CCCCCCCCCCCCCCCCCCCC. The largest absolute Gasteiger partial charge is 0.462 e. The Labute approximate surface area is 403 Å². The second-order valence-corrected chi connectivity index (χ2v) is 18.8. The zero-order valence-corrected chi connectivity index (χ0v) is 43.3. The maximum atomic E-state index is 12.8. The van der Waals surface area contributed by atoms with Gasteiger partial charge in [0.25, 0.3) is 0 Å². The van der Waals surface area contributed by atoms with Crippen molar-refractivity contribution in [3.8, 4) is 0 Å². The van der Waals surface area contributed by atoms with Crippen molar-refractivity contribution >= 4 is 17.9 Å². The lowest BCUT2D eigenvalue weighted by molar-refractivity contribution is -0.167. The highest BCUT2D eigenvalue weighted by molar-refractivity contribution is 5.71. The van der Waals surface area contributed by atoms with Crippen LogP contribution in [0.2, 0.25) is 0 Å². The third kappa shape index (κ3) is 52.2. The first-order chi connectivity index (χ1) is 32.0. The Morgan fingerprint density at radius 3 is 0.938 bits per heavy atom. The molecule has 0 bridgehead atoms. The van der Waals surface area contributed by atoms with Crippen LogP contribution in [-0.4, -0.2) is 37.2 Å². The fraction of sp³-hybridized carbons (Fsp3) is 0.814. The molecule has 65 heavy (non-hydrogen) atoms. The minimum absolute atomic E-state index is 0.0819. The van der Waals surface area contributed by atoms with Gasteiger partial charge in [0.2, 0.25) is 0 Å². The molecule has 0 N–H and O–H groups in total. The first-order valence-corrected chi connectivity index (χ1v) is 28.1. The topological polar surface area (TPSA) is 78.9 Å². The van der Waals surface area contributed by atoms with E-state index >= 15 is 0 Å². The van der Waals surface area contributed by atoms with E-state index in [2.05, 4.69) is 69.4 Å². The minimum atomic E-state index is -0.785. The van der Waals surface area contributed by atoms with Crippen molar-refractivity contribution in [2.45, 2.75) is 297 Å². The molecule has 1 unspecified atom stereocenters. The zero-order chi connectivity index (χ0) is 47.2. The average molecular weight is 911 g/mol. The number of hydrogen-bond donors (Lipinski definition) is 0. The van der Waals surface area contributed by atoms with Gasteiger partial charge >= 0.3 is 17.9 Å². The second-order valence-electron chi connectivity index (χ2n) is 18.8. The Morgan fingerprint density at radius 2 is 0.600 bits per heavy atom. The number of carbonyl (C=O) groups excluding carboxylic acids is 3. The molecule has 0 fully saturated rings. The maximum absolute atomic E-state index is 12.8. The van der Waals surface area contributed by atoms with Gasteiger partial charge in [-0.3, -0.25) is 14.4 Å². The van der Waals surface area contributed by atoms with Crippen LogP contribution >= 0.6 is 0 Å². The van der Waals surface area contributed by atoms with Crippen molar-refractivity contribution in [2.24, 2.45) is 0 Å². The van der Waals surface area contributed by atoms with E-state index in [1.807, 2.05) is 0 Å². The Bertz CT molecular complexity index is 1140. The Morgan fingerprint density at radius 1 is 0.323 bits per heavy atom. The molecular weight excluding hydrogens is 805 g/mol. The summed E-state index contributed by atoms with van der Waals surface area (Å²) in [6, 6.07) is 0. The van der Waals surface area contributed by atoms with Gasteiger partial charge in [-0.15, -0.1) is 0 Å². The molecule has 0 heterocycles. The van der Waals surface area contributed by atoms with Gasteiger partial charge in [-0.05, 0) is 57.8 Å². The third-order valence-corrected chi connectivity index (χ3v) is 12.3. The van der Waals surface area contributed by atoms with Crippen molar-refractivity contribution in [3.63, 3.8) is 0 Å². The van der Waals surface area contributed by atoms with Crippen LogP contribution in [0.1, 0.15) is 290 Å². The zero-order valence-electron chi connectivity index (χ0n) is 43.3. The first-order valence-electron chi connectivity index (χ1n) is 28.1. The van der Waals surface area contributed by atoms with Gasteiger partial charge in [-0.25, -0.2) is 0 Å². The minimum Gasteiger partial charge on any atom is -0.462 e. The van der Waals surface area contributed by atoms with Crippen LogP contribution < -0.4 is 0 Å². The van der Waals surface area contributed by atoms with E-state index in [0.717, 1.165) is 89.9 Å². The predicted octanol–water partition coefficient (Wildman–Crippen LogP) is 18.7.